The van der Waals surface area contributed by atoms with Gasteiger partial charge in [0.2, 0.25) is 5.91 Å². The highest BCUT2D eigenvalue weighted by Crippen LogP contribution is 2.31. The highest BCUT2D eigenvalue weighted by molar-refractivity contribution is 5.78. The Morgan fingerprint density at radius 2 is 1.88 bits per heavy atom. The van der Waals surface area contributed by atoms with Crippen LogP contribution in [0.5, 0.6) is 5.75 Å². The Balaban J connectivity index is 1.65. The smallest absolute Gasteiger partial charge is 0.236 e. The Morgan fingerprint density at radius 1 is 1.12 bits per heavy atom. The largest absolute Gasteiger partial charge is 0.496 e. The van der Waals surface area contributed by atoms with Gasteiger partial charge >= 0.3 is 0 Å². The van der Waals surface area contributed by atoms with E-state index in [2.05, 4.69) is 29.0 Å². The van der Waals surface area contributed by atoms with Crippen molar-refractivity contribution in [2.75, 3.05) is 53.4 Å². The third kappa shape index (κ3) is 3.90. The molecule has 1 aromatic rings. The topological polar surface area (TPSA) is 36.0 Å². The van der Waals surface area contributed by atoms with E-state index in [4.69, 9.17) is 4.74 Å². The van der Waals surface area contributed by atoms with Gasteiger partial charge in [-0.15, -0.1) is 0 Å². The van der Waals surface area contributed by atoms with Crippen LogP contribution in [-0.4, -0.2) is 74.0 Å². The van der Waals surface area contributed by atoms with E-state index in [1.54, 1.807) is 7.11 Å². The predicted octanol–water partition coefficient (Wildman–Crippen LogP) is 2.00. The normalized spacial score (nSPS) is 23.2. The summed E-state index contributed by atoms with van der Waals surface area (Å²) in [5.41, 5.74) is 1.21. The minimum atomic E-state index is 0.268. The third-order valence-corrected chi connectivity index (χ3v) is 5.30. The molecule has 0 aromatic heterocycles. The quantitative estimate of drug-likeness (QED) is 0.845. The highest BCUT2D eigenvalue weighted by atomic mass is 16.5. The van der Waals surface area contributed by atoms with Crippen LogP contribution in [0.3, 0.4) is 0 Å². The Labute approximate surface area is 145 Å². The summed E-state index contributed by atoms with van der Waals surface area (Å²) < 4.78 is 5.54. The number of likely N-dealkylation sites (tertiary alicyclic amines) is 1. The maximum atomic E-state index is 12.6. The van der Waals surface area contributed by atoms with Gasteiger partial charge in [-0.2, -0.15) is 0 Å². The molecule has 5 nitrogen and oxygen atoms in total. The first kappa shape index (κ1) is 17.2. The average molecular weight is 331 g/mol. The Hall–Kier alpha value is -1.59. The lowest BCUT2D eigenvalue weighted by Gasteiger charge is -2.40. The summed E-state index contributed by atoms with van der Waals surface area (Å²) in [5.74, 6) is 1.22. The van der Waals surface area contributed by atoms with Crippen molar-refractivity contribution < 1.29 is 9.53 Å². The number of carbonyl (C=O) groups excluding carboxylic acids is 1. The van der Waals surface area contributed by atoms with Crippen molar-refractivity contribution in [3.63, 3.8) is 0 Å². The average Bonchev–Trinajstić information content (AvgIpc) is 2.64. The van der Waals surface area contributed by atoms with E-state index in [1.807, 2.05) is 17.0 Å². The Morgan fingerprint density at radius 3 is 2.62 bits per heavy atom. The van der Waals surface area contributed by atoms with Crippen molar-refractivity contribution in [2.45, 2.75) is 25.3 Å². The van der Waals surface area contributed by atoms with E-state index < -0.39 is 0 Å². The lowest BCUT2D eigenvalue weighted by atomic mass is 10.0. The van der Waals surface area contributed by atoms with Gasteiger partial charge in [-0.25, -0.2) is 0 Å². The van der Waals surface area contributed by atoms with E-state index >= 15 is 0 Å². The fourth-order valence-electron chi connectivity index (χ4n) is 3.79. The molecule has 5 heteroatoms. The second-order valence-corrected chi connectivity index (χ2v) is 6.91. The number of nitrogens with zero attached hydrogens (tertiary/aromatic N) is 3. The van der Waals surface area contributed by atoms with Gasteiger partial charge in [0, 0.05) is 38.3 Å². The van der Waals surface area contributed by atoms with E-state index in [1.165, 1.54) is 12.0 Å². The monoisotopic (exact) mass is 331 g/mol. The number of ether oxygens (including phenoxy) is 1. The van der Waals surface area contributed by atoms with Crippen LogP contribution in [0.15, 0.2) is 24.3 Å². The fourth-order valence-corrected chi connectivity index (χ4v) is 3.79. The molecule has 0 saturated carbocycles. The fraction of sp³-hybridized carbons (Fsp3) is 0.632. The zero-order chi connectivity index (χ0) is 16.9. The standard InChI is InChI=1S/C19H29N3O2/c1-20-12-13-21(15-19(23)22-10-6-3-7-11-22)14-17(20)16-8-4-5-9-18(16)24-2/h4-5,8-9,17H,3,6-7,10-15H2,1-2H3/t17-/m0/s1. The number of benzene rings is 1. The van der Waals surface area contributed by atoms with Gasteiger partial charge < -0.3 is 9.64 Å². The molecular formula is C19H29N3O2. The molecule has 1 atom stereocenters. The van der Waals surface area contributed by atoms with E-state index in [9.17, 15) is 4.79 Å². The Bertz CT molecular complexity index is 557. The first-order valence-electron chi connectivity index (χ1n) is 9.02. The number of hydrogen-bond acceptors (Lipinski definition) is 4. The molecule has 1 amide bonds. The van der Waals surface area contributed by atoms with Crippen LogP contribution in [0.25, 0.3) is 0 Å². The summed E-state index contributed by atoms with van der Waals surface area (Å²) in [7, 11) is 3.88. The number of hydrogen-bond donors (Lipinski definition) is 0. The minimum absolute atomic E-state index is 0.268. The van der Waals surface area contributed by atoms with Crippen molar-refractivity contribution in [1.29, 1.82) is 0 Å². The first-order valence-corrected chi connectivity index (χ1v) is 9.02. The van der Waals surface area contributed by atoms with Gasteiger partial charge in [-0.1, -0.05) is 18.2 Å². The molecule has 2 aliphatic rings. The molecule has 0 spiro atoms. The first-order chi connectivity index (χ1) is 11.7. The molecule has 24 heavy (non-hydrogen) atoms. The number of piperidine rings is 1. The Kier molecular flexibility index (Phi) is 5.74. The van der Waals surface area contributed by atoms with Gasteiger partial charge in [-0.3, -0.25) is 14.6 Å². The van der Waals surface area contributed by atoms with Crippen molar-refractivity contribution in [2.24, 2.45) is 0 Å². The van der Waals surface area contributed by atoms with Gasteiger partial charge in [0.25, 0.3) is 0 Å². The molecule has 1 aromatic carbocycles. The summed E-state index contributed by atoms with van der Waals surface area (Å²) in [4.78, 5) is 19.3. The van der Waals surface area contributed by atoms with Crippen LogP contribution in [-0.2, 0) is 4.79 Å². The molecule has 0 bridgehead atoms. The molecule has 2 saturated heterocycles. The second-order valence-electron chi connectivity index (χ2n) is 6.91. The van der Waals surface area contributed by atoms with Crippen LogP contribution < -0.4 is 4.74 Å². The summed E-state index contributed by atoms with van der Waals surface area (Å²) >= 11 is 0. The van der Waals surface area contributed by atoms with Gasteiger partial charge in [0.1, 0.15) is 5.75 Å². The minimum Gasteiger partial charge on any atom is -0.496 e. The van der Waals surface area contributed by atoms with Crippen molar-refractivity contribution in [3.8, 4) is 5.75 Å². The molecular weight excluding hydrogens is 302 g/mol. The number of amides is 1. The molecule has 0 N–H and O–H groups in total. The SMILES string of the molecule is COc1ccccc1[C@@H]1CN(CC(=O)N2CCCCC2)CCN1C. The van der Waals surface area contributed by atoms with E-state index in [0.717, 1.165) is 51.3 Å². The molecule has 2 heterocycles. The third-order valence-electron chi connectivity index (χ3n) is 5.30. The second kappa shape index (κ2) is 7.99. The van der Waals surface area contributed by atoms with Crippen LogP contribution in [0, 0.1) is 0 Å². The van der Waals surface area contributed by atoms with E-state index in [-0.39, 0.29) is 11.9 Å². The predicted molar refractivity (Wildman–Crippen MR) is 95.2 cm³/mol. The number of likely N-dealkylation sites (N-methyl/N-ethyl adjacent to an activating group) is 1. The lowest BCUT2D eigenvalue weighted by Crippen LogP contribution is -2.50. The lowest BCUT2D eigenvalue weighted by molar-refractivity contribution is -0.134. The zero-order valence-electron chi connectivity index (χ0n) is 14.9. The van der Waals surface area contributed by atoms with Crippen molar-refractivity contribution >= 4 is 5.91 Å². The van der Waals surface area contributed by atoms with Crippen LogP contribution in [0.4, 0.5) is 0 Å². The summed E-state index contributed by atoms with van der Waals surface area (Å²) in [6.45, 7) is 5.19. The van der Waals surface area contributed by atoms with Crippen LogP contribution in [0.1, 0.15) is 30.9 Å². The number of piperazine rings is 1. The number of para-hydroxylation sites is 1. The molecule has 0 aliphatic carbocycles. The van der Waals surface area contributed by atoms with Crippen LogP contribution in [0.2, 0.25) is 0 Å². The molecule has 2 aliphatic heterocycles. The summed E-state index contributed by atoms with van der Waals surface area (Å²) in [6.07, 6.45) is 3.56. The molecule has 132 valence electrons. The van der Waals surface area contributed by atoms with Gasteiger partial charge in [-0.05, 0) is 32.4 Å². The number of carbonyl (C=O) groups is 1. The van der Waals surface area contributed by atoms with Crippen molar-refractivity contribution in [3.05, 3.63) is 29.8 Å². The summed E-state index contributed by atoms with van der Waals surface area (Å²) in [6, 6.07) is 8.48. The summed E-state index contributed by atoms with van der Waals surface area (Å²) in [5, 5.41) is 0. The van der Waals surface area contributed by atoms with Gasteiger partial charge in [0.15, 0.2) is 0 Å². The maximum absolute atomic E-state index is 12.6. The van der Waals surface area contributed by atoms with E-state index in [0.29, 0.717) is 6.54 Å². The molecule has 0 unspecified atom stereocenters. The van der Waals surface area contributed by atoms with Crippen LogP contribution >= 0.6 is 0 Å². The molecule has 3 rings (SSSR count). The van der Waals surface area contributed by atoms with Crippen molar-refractivity contribution in [1.82, 2.24) is 14.7 Å². The number of methoxy groups -OCH3 is 1. The number of rotatable bonds is 4. The molecule has 0 radical (unpaired) electrons. The zero-order valence-corrected chi connectivity index (χ0v) is 14.9. The maximum Gasteiger partial charge on any atom is 0.236 e. The molecule has 2 fully saturated rings. The highest BCUT2D eigenvalue weighted by Gasteiger charge is 2.29. The van der Waals surface area contributed by atoms with Gasteiger partial charge in [0.05, 0.1) is 19.7 Å².